The number of anilines is 1. The summed E-state index contributed by atoms with van der Waals surface area (Å²) >= 11 is 0. The fourth-order valence-electron chi connectivity index (χ4n) is 11.1. The highest BCUT2D eigenvalue weighted by Gasteiger charge is 2.28. The lowest BCUT2D eigenvalue weighted by Crippen LogP contribution is -2.49. The molecule has 3 heterocycles. The Kier molecular flexibility index (Phi) is 66.4. The molecule has 1 aliphatic rings. The van der Waals surface area contributed by atoms with Crippen molar-refractivity contribution in [1.29, 1.82) is 0 Å². The quantitative estimate of drug-likeness (QED) is 0.0582. The van der Waals surface area contributed by atoms with Gasteiger partial charge >= 0.3 is 6.09 Å². The van der Waals surface area contributed by atoms with E-state index in [2.05, 4.69) is 39.9 Å². The first-order chi connectivity index (χ1) is 57.9. The number of alkyl carbamates (subject to hydrolysis) is 1. The van der Waals surface area contributed by atoms with Crippen LogP contribution in [-0.4, -0.2) is 422 Å². The van der Waals surface area contributed by atoms with Gasteiger partial charge in [-0.1, -0.05) is 32.4 Å². The van der Waals surface area contributed by atoms with Crippen LogP contribution in [0.3, 0.4) is 0 Å². The number of rotatable bonds is 86. The maximum atomic E-state index is 12.9. The zero-order chi connectivity index (χ0) is 84.4. The summed E-state index contributed by atoms with van der Waals surface area (Å²) in [6.07, 6.45) is 4.51. The van der Waals surface area contributed by atoms with Crippen molar-refractivity contribution in [3.8, 4) is 0 Å². The summed E-state index contributed by atoms with van der Waals surface area (Å²) < 4.78 is 140. The van der Waals surface area contributed by atoms with Gasteiger partial charge in [0.05, 0.1) is 348 Å². The molecule has 0 aliphatic carbocycles. The third-order valence-corrected chi connectivity index (χ3v) is 17.5. The SMILES string of the molecule is CCCCc1nc2c(N)nc3cc(CCCN4CCN(C(=O)CCOCCOCCOCCOCCOCCOCCOCCOCCOCCOCCOCCOCCOCCOCCOCCOCCOCCOCCOCCOCCOCCOCCOCCOCCNC(=O)OC(C)(C)C)CC4)ccc3c2n1CC(C)(CO)CO. The number of carbonyl (C=O) groups is 2. The molecule has 118 heavy (non-hydrogen) atoms. The molecule has 36 nitrogen and oxygen atoms in total. The van der Waals surface area contributed by atoms with E-state index in [0.29, 0.717) is 361 Å². The number of aryl methyl sites for hydroxylation is 2. The zero-order valence-electron chi connectivity index (χ0n) is 72.0. The highest BCUT2D eigenvalue weighted by molar-refractivity contribution is 6.06. The van der Waals surface area contributed by atoms with Crippen LogP contribution >= 0.6 is 0 Å². The summed E-state index contributed by atoms with van der Waals surface area (Å²) in [4.78, 5) is 38.5. The summed E-state index contributed by atoms with van der Waals surface area (Å²) in [5.74, 6) is 1.39. The van der Waals surface area contributed by atoms with Crippen LogP contribution in [0.15, 0.2) is 18.2 Å². The van der Waals surface area contributed by atoms with Gasteiger partial charge in [0, 0.05) is 56.5 Å². The minimum absolute atomic E-state index is 0.113. The Morgan fingerprint density at radius 2 is 0.729 bits per heavy atom. The van der Waals surface area contributed by atoms with Crippen LogP contribution in [0.1, 0.15) is 71.7 Å². The third kappa shape index (κ3) is 57.1. The number of pyridine rings is 1. The lowest BCUT2D eigenvalue weighted by Gasteiger charge is -2.34. The molecule has 0 bridgehead atoms. The molecule has 3 aromatic rings. The van der Waals surface area contributed by atoms with Gasteiger partial charge in [0.15, 0.2) is 5.82 Å². The summed E-state index contributed by atoms with van der Waals surface area (Å²) in [7, 11) is 0. The summed E-state index contributed by atoms with van der Waals surface area (Å²) in [6, 6.07) is 6.37. The van der Waals surface area contributed by atoms with Crippen molar-refractivity contribution in [2.75, 3.05) is 375 Å². The average Bonchev–Trinajstić information content (AvgIpc) is 1.58. The number of unbranched alkanes of at least 4 members (excludes halogenated alkanes) is 1. The molecule has 1 fully saturated rings. The number of nitrogen functional groups attached to an aromatic ring is 1. The largest absolute Gasteiger partial charge is 0.444 e. The number of fused-ring (bicyclic) bond motifs is 3. The Labute approximate surface area is 700 Å². The van der Waals surface area contributed by atoms with E-state index in [4.69, 9.17) is 134 Å². The van der Waals surface area contributed by atoms with Crippen LogP contribution in [0.5, 0.6) is 0 Å². The number of aliphatic hydroxyl groups is 2. The molecule has 36 heteroatoms. The number of amides is 2. The summed E-state index contributed by atoms with van der Waals surface area (Å²) in [5, 5.41) is 23.9. The van der Waals surface area contributed by atoms with E-state index in [1.807, 2.05) is 32.6 Å². The molecular weight excluding hydrogens is 1550 g/mol. The molecule has 686 valence electrons. The lowest BCUT2D eigenvalue weighted by molar-refractivity contribution is -0.134. The molecule has 1 aromatic carbocycles. The van der Waals surface area contributed by atoms with Gasteiger partial charge in [0.1, 0.15) is 16.9 Å². The minimum atomic E-state index is -0.714. The number of hydrogen-bond acceptors (Lipinski definition) is 33. The molecule has 1 saturated heterocycles. The second-order valence-electron chi connectivity index (χ2n) is 28.6. The predicted molar refractivity (Wildman–Crippen MR) is 440 cm³/mol. The zero-order valence-corrected chi connectivity index (χ0v) is 72.0. The fourth-order valence-corrected chi connectivity index (χ4v) is 11.1. The number of piperazine rings is 1. The minimum Gasteiger partial charge on any atom is -0.444 e. The number of ether oxygens (including phenoxy) is 25. The van der Waals surface area contributed by atoms with Crippen LogP contribution < -0.4 is 11.1 Å². The standard InChI is InChI=1S/C82H149N7O29/c1-6-7-10-75-86-77-78(89(75)69-82(5,70-90)71-91)73-12-11-72(68-74(73)85-79(77)83)9-8-15-87-16-18-88(19-17-87)76(92)13-20-94-22-24-96-26-28-98-30-32-100-34-36-102-38-40-104-42-44-106-46-48-108-50-52-110-54-56-112-58-60-114-62-64-116-66-67-117-65-63-115-61-59-113-57-55-111-53-51-109-49-47-107-45-43-105-41-39-103-37-35-101-33-31-99-29-27-97-25-23-95-21-14-84-80(93)118-81(2,3)4/h11-12,68,90-91H,6-10,13-67,69-71H2,1-5H3,(H2,83,85)(H,84,93). The topological polar surface area (TPSA) is 381 Å². The molecule has 2 amide bonds. The van der Waals surface area contributed by atoms with E-state index in [9.17, 15) is 19.8 Å². The van der Waals surface area contributed by atoms with Crippen molar-refractivity contribution in [3.05, 3.63) is 29.6 Å². The lowest BCUT2D eigenvalue weighted by atomic mass is 9.92. The number of aliphatic hydroxyl groups excluding tert-OH is 2. The Morgan fingerprint density at radius 1 is 0.415 bits per heavy atom. The smallest absolute Gasteiger partial charge is 0.407 e. The van der Waals surface area contributed by atoms with Gasteiger partial charge in [-0.3, -0.25) is 9.69 Å². The van der Waals surface area contributed by atoms with E-state index in [0.717, 1.165) is 74.0 Å². The monoisotopic (exact) mass is 1700 g/mol. The first-order valence-corrected chi connectivity index (χ1v) is 42.5. The first-order valence-electron chi connectivity index (χ1n) is 42.5. The van der Waals surface area contributed by atoms with Crippen molar-refractivity contribution in [2.45, 2.75) is 85.3 Å². The molecule has 2 aromatic heterocycles. The molecule has 0 unspecified atom stereocenters. The molecule has 5 N–H and O–H groups in total. The number of carbonyl (C=O) groups excluding carboxylic acids is 2. The number of benzene rings is 1. The molecule has 0 spiro atoms. The Bertz CT molecular complexity index is 2810. The highest BCUT2D eigenvalue weighted by atomic mass is 16.6. The van der Waals surface area contributed by atoms with Gasteiger partial charge in [-0.05, 0) is 58.2 Å². The van der Waals surface area contributed by atoms with Crippen molar-refractivity contribution < 1.29 is 138 Å². The van der Waals surface area contributed by atoms with E-state index in [1.54, 1.807) is 0 Å². The van der Waals surface area contributed by atoms with Crippen molar-refractivity contribution in [2.24, 2.45) is 5.41 Å². The van der Waals surface area contributed by atoms with Crippen molar-refractivity contribution in [3.63, 3.8) is 0 Å². The van der Waals surface area contributed by atoms with Gasteiger partial charge in [-0.25, -0.2) is 14.8 Å². The van der Waals surface area contributed by atoms with Gasteiger partial charge in [0.25, 0.3) is 0 Å². The number of nitrogens with one attached hydrogen (secondary N) is 1. The molecule has 1 aliphatic heterocycles. The molecule has 0 radical (unpaired) electrons. The maximum absolute atomic E-state index is 12.9. The second kappa shape index (κ2) is 74.0. The number of hydrogen-bond donors (Lipinski definition) is 4. The van der Waals surface area contributed by atoms with E-state index < -0.39 is 17.1 Å². The van der Waals surface area contributed by atoms with E-state index in [-0.39, 0.29) is 19.1 Å². The third-order valence-electron chi connectivity index (χ3n) is 17.5. The van der Waals surface area contributed by atoms with Crippen molar-refractivity contribution in [1.82, 2.24) is 29.7 Å². The number of imidazole rings is 1. The highest BCUT2D eigenvalue weighted by Crippen LogP contribution is 2.33. The molecule has 0 saturated carbocycles. The van der Waals surface area contributed by atoms with Crippen LogP contribution in [0.2, 0.25) is 0 Å². The average molecular weight is 1700 g/mol. The van der Waals surface area contributed by atoms with Crippen LogP contribution in [0, 0.1) is 5.41 Å². The second-order valence-corrected chi connectivity index (χ2v) is 28.6. The van der Waals surface area contributed by atoms with Gasteiger partial charge < -0.3 is 149 Å². The number of nitrogens with two attached hydrogens (primary N) is 1. The normalized spacial score (nSPS) is 13.1. The van der Waals surface area contributed by atoms with E-state index >= 15 is 0 Å². The maximum Gasteiger partial charge on any atom is 0.407 e. The van der Waals surface area contributed by atoms with Crippen molar-refractivity contribution >= 4 is 39.8 Å². The summed E-state index contributed by atoms with van der Waals surface area (Å²) in [5.41, 5.74) is 8.84. The fraction of sp³-hybridized carbons (Fsp3) is 0.854. The molecule has 0 atom stereocenters. The first kappa shape index (κ1) is 106. The Hall–Kier alpha value is -4.44. The van der Waals surface area contributed by atoms with E-state index in [1.165, 1.54) is 5.56 Å². The molecule has 4 rings (SSSR count). The van der Waals surface area contributed by atoms with Crippen LogP contribution in [0.4, 0.5) is 10.6 Å². The molecular formula is C82H149N7O29. The van der Waals surface area contributed by atoms with Gasteiger partial charge in [0.2, 0.25) is 5.91 Å². The van der Waals surface area contributed by atoms with Gasteiger partial charge in [-0.15, -0.1) is 0 Å². The summed E-state index contributed by atoms with van der Waals surface area (Å²) in [6.45, 7) is 36.1. The van der Waals surface area contributed by atoms with Crippen LogP contribution in [0.25, 0.3) is 21.9 Å². The Morgan fingerprint density at radius 3 is 1.03 bits per heavy atom. The van der Waals surface area contributed by atoms with Gasteiger partial charge in [-0.2, -0.15) is 0 Å². The van der Waals surface area contributed by atoms with Crippen LogP contribution in [-0.2, 0) is 143 Å². The predicted octanol–water partition coefficient (Wildman–Crippen LogP) is 3.89. The number of aromatic nitrogens is 3. The number of nitrogens with zero attached hydrogens (tertiary/aromatic N) is 5. The Balaban J connectivity index is 0.734.